The summed E-state index contributed by atoms with van der Waals surface area (Å²) in [6, 6.07) is 16.0. The first kappa shape index (κ1) is 19.1. The number of ketones is 1. The monoisotopic (exact) mass is 400 g/mol. The standard InChI is InChI=1S/C21H17ClO4S/c1-26-17-9-4-13(5-10-17)20(25)18-12-15(6-11-19(23)24)21(27-18)14-2-7-16(22)8-3-14/h2-5,7-10,12H,6,11H2,1H3,(H,23,24). The molecule has 27 heavy (non-hydrogen) atoms. The third-order valence-corrected chi connectivity index (χ3v) is 5.58. The Kier molecular flexibility index (Phi) is 5.94. The number of hydrogen-bond donors (Lipinski definition) is 1. The molecule has 1 N–H and O–H groups in total. The molecule has 6 heteroatoms. The van der Waals surface area contributed by atoms with Gasteiger partial charge in [0, 0.05) is 21.9 Å². The minimum atomic E-state index is -0.869. The van der Waals surface area contributed by atoms with Crippen LogP contribution < -0.4 is 4.74 Å². The van der Waals surface area contributed by atoms with E-state index in [9.17, 15) is 9.59 Å². The molecule has 0 unspecified atom stereocenters. The molecule has 0 fully saturated rings. The maximum absolute atomic E-state index is 12.9. The second-order valence-corrected chi connectivity index (χ2v) is 7.41. The van der Waals surface area contributed by atoms with Gasteiger partial charge in [0.05, 0.1) is 12.0 Å². The fourth-order valence-electron chi connectivity index (χ4n) is 2.70. The SMILES string of the molecule is COc1ccc(C(=O)c2cc(CCC(=O)O)c(-c3ccc(Cl)cc3)s2)cc1. The fraction of sp³-hybridized carbons (Fsp3) is 0.143. The number of aryl methyl sites for hydroxylation is 1. The van der Waals surface area contributed by atoms with Gasteiger partial charge < -0.3 is 9.84 Å². The number of thiophene rings is 1. The molecule has 138 valence electrons. The van der Waals surface area contributed by atoms with E-state index in [-0.39, 0.29) is 12.2 Å². The predicted octanol–water partition coefficient (Wildman–Crippen LogP) is 5.33. The average molecular weight is 401 g/mol. The number of benzene rings is 2. The van der Waals surface area contributed by atoms with Gasteiger partial charge in [-0.1, -0.05) is 23.7 Å². The van der Waals surface area contributed by atoms with Crippen molar-refractivity contribution in [1.82, 2.24) is 0 Å². The van der Waals surface area contributed by atoms with Crippen LogP contribution in [0.25, 0.3) is 10.4 Å². The topological polar surface area (TPSA) is 63.6 Å². The van der Waals surface area contributed by atoms with Gasteiger partial charge in [0.15, 0.2) is 0 Å². The lowest BCUT2D eigenvalue weighted by Crippen LogP contribution is -1.99. The summed E-state index contributed by atoms with van der Waals surface area (Å²) in [5.74, 6) is -0.285. The highest BCUT2D eigenvalue weighted by atomic mass is 35.5. The van der Waals surface area contributed by atoms with Crippen LogP contribution in [-0.4, -0.2) is 24.0 Å². The molecular formula is C21H17ClO4S. The highest BCUT2D eigenvalue weighted by Crippen LogP contribution is 2.35. The van der Waals surface area contributed by atoms with Crippen LogP contribution in [0.5, 0.6) is 5.75 Å². The number of carbonyl (C=O) groups is 2. The van der Waals surface area contributed by atoms with Crippen molar-refractivity contribution in [3.05, 3.63) is 75.6 Å². The summed E-state index contributed by atoms with van der Waals surface area (Å²) >= 11 is 7.33. The lowest BCUT2D eigenvalue weighted by atomic mass is 10.0. The van der Waals surface area contributed by atoms with Crippen molar-refractivity contribution < 1.29 is 19.4 Å². The Morgan fingerprint density at radius 3 is 2.33 bits per heavy atom. The van der Waals surface area contributed by atoms with Crippen LogP contribution in [0.3, 0.4) is 0 Å². The van der Waals surface area contributed by atoms with E-state index in [0.29, 0.717) is 27.6 Å². The molecule has 0 bridgehead atoms. The predicted molar refractivity (Wildman–Crippen MR) is 107 cm³/mol. The van der Waals surface area contributed by atoms with Crippen molar-refractivity contribution in [2.45, 2.75) is 12.8 Å². The fourth-order valence-corrected chi connectivity index (χ4v) is 4.00. The first-order valence-corrected chi connectivity index (χ1v) is 9.46. The van der Waals surface area contributed by atoms with E-state index >= 15 is 0 Å². The van der Waals surface area contributed by atoms with Gasteiger partial charge in [0.1, 0.15) is 5.75 Å². The van der Waals surface area contributed by atoms with Gasteiger partial charge in [0.25, 0.3) is 0 Å². The zero-order chi connectivity index (χ0) is 19.4. The smallest absolute Gasteiger partial charge is 0.303 e. The first-order valence-electron chi connectivity index (χ1n) is 8.27. The number of methoxy groups -OCH3 is 1. The number of aliphatic carboxylic acids is 1. The molecule has 0 aliphatic carbocycles. The van der Waals surface area contributed by atoms with E-state index in [1.165, 1.54) is 11.3 Å². The molecule has 0 radical (unpaired) electrons. The molecule has 3 aromatic rings. The van der Waals surface area contributed by atoms with E-state index in [0.717, 1.165) is 16.0 Å². The normalized spacial score (nSPS) is 10.6. The number of carboxylic acids is 1. The van der Waals surface area contributed by atoms with Crippen LogP contribution in [-0.2, 0) is 11.2 Å². The summed E-state index contributed by atoms with van der Waals surface area (Å²) in [6.07, 6.45) is 0.368. The Balaban J connectivity index is 1.97. The van der Waals surface area contributed by atoms with Crippen LogP contribution in [0.15, 0.2) is 54.6 Å². The molecule has 0 amide bonds. The lowest BCUT2D eigenvalue weighted by molar-refractivity contribution is -0.136. The molecule has 0 saturated carbocycles. The Morgan fingerprint density at radius 2 is 1.74 bits per heavy atom. The van der Waals surface area contributed by atoms with Crippen molar-refractivity contribution >= 4 is 34.7 Å². The van der Waals surface area contributed by atoms with Crippen LogP contribution >= 0.6 is 22.9 Å². The highest BCUT2D eigenvalue weighted by Gasteiger charge is 2.18. The van der Waals surface area contributed by atoms with E-state index in [2.05, 4.69) is 0 Å². The van der Waals surface area contributed by atoms with Crippen LogP contribution in [0.1, 0.15) is 27.2 Å². The van der Waals surface area contributed by atoms with Crippen LogP contribution in [0.2, 0.25) is 5.02 Å². The maximum atomic E-state index is 12.9. The van der Waals surface area contributed by atoms with E-state index in [1.807, 2.05) is 12.1 Å². The summed E-state index contributed by atoms with van der Waals surface area (Å²) < 4.78 is 5.12. The molecule has 1 heterocycles. The van der Waals surface area contributed by atoms with Gasteiger partial charge in [-0.3, -0.25) is 9.59 Å². The van der Waals surface area contributed by atoms with Crippen molar-refractivity contribution in [3.63, 3.8) is 0 Å². The maximum Gasteiger partial charge on any atom is 0.303 e. The van der Waals surface area contributed by atoms with Crippen molar-refractivity contribution in [2.75, 3.05) is 7.11 Å². The Labute approximate surface area is 166 Å². The van der Waals surface area contributed by atoms with Crippen molar-refractivity contribution in [3.8, 4) is 16.2 Å². The minimum Gasteiger partial charge on any atom is -0.497 e. The molecule has 1 aromatic heterocycles. The quantitative estimate of drug-likeness (QED) is 0.545. The van der Waals surface area contributed by atoms with Crippen LogP contribution in [0, 0.1) is 0 Å². The zero-order valence-electron chi connectivity index (χ0n) is 14.6. The summed E-state index contributed by atoms with van der Waals surface area (Å²) in [7, 11) is 1.57. The average Bonchev–Trinajstić information content (AvgIpc) is 3.10. The molecule has 0 aliphatic heterocycles. The molecular weight excluding hydrogens is 384 g/mol. The van der Waals surface area contributed by atoms with Gasteiger partial charge in [-0.05, 0) is 60.0 Å². The number of rotatable bonds is 7. The summed E-state index contributed by atoms with van der Waals surface area (Å²) in [4.78, 5) is 25.3. The van der Waals surface area contributed by atoms with Gasteiger partial charge in [-0.2, -0.15) is 0 Å². The third kappa shape index (κ3) is 4.56. The second kappa shape index (κ2) is 8.37. The summed E-state index contributed by atoms with van der Waals surface area (Å²) in [5, 5.41) is 9.65. The zero-order valence-corrected chi connectivity index (χ0v) is 16.1. The summed E-state index contributed by atoms with van der Waals surface area (Å²) in [6.45, 7) is 0. The summed E-state index contributed by atoms with van der Waals surface area (Å²) in [5.41, 5.74) is 2.32. The number of carbonyl (C=O) groups excluding carboxylic acids is 1. The molecule has 4 nitrogen and oxygen atoms in total. The lowest BCUT2D eigenvalue weighted by Gasteiger charge is -2.03. The number of hydrogen-bond acceptors (Lipinski definition) is 4. The van der Waals surface area contributed by atoms with E-state index in [1.54, 1.807) is 49.6 Å². The van der Waals surface area contributed by atoms with Crippen molar-refractivity contribution in [2.24, 2.45) is 0 Å². The first-order chi connectivity index (χ1) is 13.0. The second-order valence-electron chi connectivity index (χ2n) is 5.92. The molecule has 0 spiro atoms. The van der Waals surface area contributed by atoms with Gasteiger partial charge in [0.2, 0.25) is 5.78 Å². The molecule has 0 aliphatic rings. The number of ether oxygens (including phenoxy) is 1. The van der Waals surface area contributed by atoms with E-state index < -0.39 is 5.97 Å². The third-order valence-electron chi connectivity index (χ3n) is 4.10. The number of halogens is 1. The van der Waals surface area contributed by atoms with E-state index in [4.69, 9.17) is 21.4 Å². The Morgan fingerprint density at radius 1 is 1.07 bits per heavy atom. The minimum absolute atomic E-state index is 0.00743. The Hall–Kier alpha value is -2.63. The Bertz CT molecular complexity index is 959. The van der Waals surface area contributed by atoms with Gasteiger partial charge >= 0.3 is 5.97 Å². The van der Waals surface area contributed by atoms with Gasteiger partial charge in [-0.25, -0.2) is 0 Å². The molecule has 2 aromatic carbocycles. The molecule has 3 rings (SSSR count). The highest BCUT2D eigenvalue weighted by molar-refractivity contribution is 7.17. The molecule has 0 saturated heterocycles. The number of carboxylic acid groups (broad SMARTS) is 1. The van der Waals surface area contributed by atoms with Gasteiger partial charge in [-0.15, -0.1) is 11.3 Å². The largest absolute Gasteiger partial charge is 0.497 e. The van der Waals surface area contributed by atoms with Crippen molar-refractivity contribution in [1.29, 1.82) is 0 Å². The molecule has 0 atom stereocenters. The van der Waals surface area contributed by atoms with Crippen LogP contribution in [0.4, 0.5) is 0 Å².